The maximum Gasteiger partial charge on any atom is 0.235 e. The Morgan fingerprint density at radius 3 is 2.87 bits per heavy atom. The van der Waals surface area contributed by atoms with Gasteiger partial charge in [0.15, 0.2) is 0 Å². The normalized spacial score (nSPS) is 17.7. The number of aromatic nitrogens is 2. The molecule has 2 heterocycles. The molecule has 0 aliphatic carbocycles. The molecular weight excluding hydrogens is 306 g/mol. The van der Waals surface area contributed by atoms with E-state index in [9.17, 15) is 4.79 Å². The van der Waals surface area contributed by atoms with Gasteiger partial charge in [-0.15, -0.1) is 11.8 Å². The largest absolute Gasteiger partial charge is 0.310 e. The van der Waals surface area contributed by atoms with E-state index in [0.717, 1.165) is 17.1 Å². The predicted octanol–water partition coefficient (Wildman–Crippen LogP) is 3.66. The van der Waals surface area contributed by atoms with Crippen LogP contribution >= 0.6 is 11.8 Å². The second-order valence-electron chi connectivity index (χ2n) is 5.78. The molecule has 0 radical (unpaired) electrons. The van der Waals surface area contributed by atoms with Crippen molar-refractivity contribution in [1.82, 2.24) is 9.78 Å². The van der Waals surface area contributed by atoms with Crippen molar-refractivity contribution in [1.29, 1.82) is 0 Å². The monoisotopic (exact) mass is 323 g/mol. The average molecular weight is 323 g/mol. The number of nitrogens with one attached hydrogen (secondary N) is 1. The first-order chi connectivity index (χ1) is 11.1. The number of anilines is 1. The molecule has 3 aromatic rings. The van der Waals surface area contributed by atoms with Crippen molar-refractivity contribution >= 4 is 34.3 Å². The van der Waals surface area contributed by atoms with Gasteiger partial charge in [0.05, 0.1) is 16.7 Å². The van der Waals surface area contributed by atoms with Gasteiger partial charge in [-0.2, -0.15) is 5.10 Å². The van der Waals surface area contributed by atoms with Crippen molar-refractivity contribution in [3.05, 3.63) is 59.3 Å². The third kappa shape index (κ3) is 2.32. The molecule has 0 saturated heterocycles. The number of nitrogens with zero attached hydrogens (tertiary/aromatic N) is 2. The van der Waals surface area contributed by atoms with E-state index < -0.39 is 0 Å². The summed E-state index contributed by atoms with van der Waals surface area (Å²) >= 11 is 1.66. The summed E-state index contributed by atoms with van der Waals surface area (Å²) in [6, 6.07) is 14.8. The summed E-state index contributed by atoms with van der Waals surface area (Å²) in [5, 5.41) is 10.1. The molecule has 0 unspecified atom stereocenters. The smallest absolute Gasteiger partial charge is 0.235 e. The Balaban J connectivity index is 1.96. The topological polar surface area (TPSA) is 46.9 Å². The Hall–Kier alpha value is -2.27. The van der Waals surface area contributed by atoms with Crippen LogP contribution in [-0.4, -0.2) is 21.4 Å². The molecule has 0 saturated carbocycles. The Labute approximate surface area is 138 Å². The van der Waals surface area contributed by atoms with Crippen molar-refractivity contribution in [2.24, 2.45) is 7.05 Å². The maximum atomic E-state index is 12.1. The summed E-state index contributed by atoms with van der Waals surface area (Å²) in [7, 11) is 1.88. The lowest BCUT2D eigenvalue weighted by molar-refractivity contribution is -0.113. The minimum atomic E-state index is 0.0296. The molecule has 1 N–H and O–H groups in total. The molecule has 1 aromatic heterocycles. The Morgan fingerprint density at radius 1 is 1.22 bits per heavy atom. The van der Waals surface area contributed by atoms with Crippen LogP contribution in [0.1, 0.15) is 22.1 Å². The van der Waals surface area contributed by atoms with E-state index in [4.69, 9.17) is 0 Å². The van der Waals surface area contributed by atoms with Crippen LogP contribution < -0.4 is 5.32 Å². The predicted molar refractivity (Wildman–Crippen MR) is 94.8 cm³/mol. The van der Waals surface area contributed by atoms with Crippen LogP contribution in [0.2, 0.25) is 0 Å². The molecule has 0 spiro atoms. The fourth-order valence-corrected chi connectivity index (χ4v) is 4.50. The van der Waals surface area contributed by atoms with Gasteiger partial charge in [-0.05, 0) is 23.3 Å². The third-order valence-corrected chi connectivity index (χ3v) is 5.53. The number of hydrogen-bond donors (Lipinski definition) is 1. The molecule has 1 atom stereocenters. The quantitative estimate of drug-likeness (QED) is 0.743. The van der Waals surface area contributed by atoms with Crippen LogP contribution in [-0.2, 0) is 11.8 Å². The van der Waals surface area contributed by atoms with Crippen molar-refractivity contribution in [3.63, 3.8) is 0 Å². The summed E-state index contributed by atoms with van der Waals surface area (Å²) in [5.41, 5.74) is 3.32. The molecule has 1 amide bonds. The van der Waals surface area contributed by atoms with Gasteiger partial charge in [-0.1, -0.05) is 42.5 Å². The number of thioether (sulfide) groups is 1. The summed E-state index contributed by atoms with van der Waals surface area (Å²) in [4.78, 5) is 12.1. The number of amides is 1. The maximum absolute atomic E-state index is 12.1. The number of fused-ring (bicyclic) bond motifs is 2. The summed E-state index contributed by atoms with van der Waals surface area (Å²) in [6.07, 6.45) is 0. The van der Waals surface area contributed by atoms with Crippen LogP contribution in [0.25, 0.3) is 10.8 Å². The minimum absolute atomic E-state index is 0.0296. The zero-order chi connectivity index (χ0) is 16.0. The number of carbonyl (C=O) groups is 1. The van der Waals surface area contributed by atoms with Gasteiger partial charge in [0.2, 0.25) is 5.91 Å². The van der Waals surface area contributed by atoms with Crippen molar-refractivity contribution < 1.29 is 4.79 Å². The summed E-state index contributed by atoms with van der Waals surface area (Å²) in [6.45, 7) is 2.01. The number of benzene rings is 2. The first-order valence-corrected chi connectivity index (χ1v) is 8.62. The van der Waals surface area contributed by atoms with Gasteiger partial charge < -0.3 is 5.32 Å². The fourth-order valence-electron chi connectivity index (χ4n) is 3.27. The number of carbonyl (C=O) groups excluding carboxylic acids is 1. The molecule has 4 rings (SSSR count). The molecule has 116 valence electrons. The molecule has 1 aliphatic rings. The fraction of sp³-hybridized carbons (Fsp3) is 0.222. The van der Waals surface area contributed by atoms with Crippen molar-refractivity contribution in [2.75, 3.05) is 11.1 Å². The van der Waals surface area contributed by atoms with E-state index in [-0.39, 0.29) is 11.2 Å². The Bertz CT molecular complexity index is 911. The van der Waals surface area contributed by atoms with Crippen molar-refractivity contribution in [3.8, 4) is 0 Å². The van der Waals surface area contributed by atoms with Crippen LogP contribution in [0.5, 0.6) is 0 Å². The van der Waals surface area contributed by atoms with E-state index in [0.29, 0.717) is 5.75 Å². The SMILES string of the molecule is Cc1nn(C)c2c1[C@H](c1cccc3ccccc13)SCC(=O)N2. The molecule has 4 nitrogen and oxygen atoms in total. The zero-order valence-corrected chi connectivity index (χ0v) is 13.9. The first kappa shape index (κ1) is 14.3. The van der Waals surface area contributed by atoms with Gasteiger partial charge >= 0.3 is 0 Å². The van der Waals surface area contributed by atoms with E-state index >= 15 is 0 Å². The third-order valence-electron chi connectivity index (χ3n) is 4.28. The second kappa shape index (κ2) is 5.42. The van der Waals surface area contributed by atoms with Gasteiger partial charge in [0.1, 0.15) is 5.82 Å². The summed E-state index contributed by atoms with van der Waals surface area (Å²) < 4.78 is 1.77. The number of hydrogen-bond acceptors (Lipinski definition) is 3. The lowest BCUT2D eigenvalue weighted by Gasteiger charge is -2.17. The highest BCUT2D eigenvalue weighted by Crippen LogP contribution is 2.44. The minimum Gasteiger partial charge on any atom is -0.310 e. The van der Waals surface area contributed by atoms with Crippen LogP contribution in [0.4, 0.5) is 5.82 Å². The van der Waals surface area contributed by atoms with Crippen LogP contribution in [0, 0.1) is 6.92 Å². The number of rotatable bonds is 1. The molecular formula is C18H17N3OS. The first-order valence-electron chi connectivity index (χ1n) is 7.58. The van der Waals surface area contributed by atoms with Gasteiger partial charge in [0, 0.05) is 12.6 Å². The lowest BCUT2D eigenvalue weighted by Crippen LogP contribution is -2.15. The molecule has 5 heteroatoms. The zero-order valence-electron chi connectivity index (χ0n) is 13.0. The lowest BCUT2D eigenvalue weighted by atomic mass is 9.98. The highest BCUT2D eigenvalue weighted by molar-refractivity contribution is 8.00. The molecule has 0 fully saturated rings. The van der Waals surface area contributed by atoms with E-state index in [1.807, 2.05) is 14.0 Å². The Kier molecular flexibility index (Phi) is 3.38. The van der Waals surface area contributed by atoms with Gasteiger partial charge in [-0.3, -0.25) is 9.48 Å². The van der Waals surface area contributed by atoms with Crippen molar-refractivity contribution in [2.45, 2.75) is 12.2 Å². The molecule has 0 bridgehead atoms. The Morgan fingerprint density at radius 2 is 2.00 bits per heavy atom. The average Bonchev–Trinajstić information content (AvgIpc) is 2.72. The van der Waals surface area contributed by atoms with E-state index in [2.05, 4.69) is 52.9 Å². The summed E-state index contributed by atoms with van der Waals surface area (Å²) in [5.74, 6) is 1.29. The second-order valence-corrected chi connectivity index (χ2v) is 6.87. The van der Waals surface area contributed by atoms with Gasteiger partial charge in [0.25, 0.3) is 0 Å². The highest BCUT2D eigenvalue weighted by atomic mass is 32.2. The van der Waals surface area contributed by atoms with Crippen LogP contribution in [0.15, 0.2) is 42.5 Å². The highest BCUT2D eigenvalue weighted by Gasteiger charge is 2.30. The molecule has 1 aliphatic heterocycles. The molecule has 23 heavy (non-hydrogen) atoms. The standard InChI is InChI=1S/C18H17N3OS/c1-11-16-17(23-10-15(22)19-18(16)21(2)20-11)14-9-5-7-12-6-3-4-8-13(12)14/h3-9,17H,10H2,1-2H3,(H,19,22)/t17-/m0/s1. The van der Waals surface area contributed by atoms with Gasteiger partial charge in [-0.25, -0.2) is 0 Å². The van der Waals surface area contributed by atoms with E-state index in [1.165, 1.54) is 16.3 Å². The van der Waals surface area contributed by atoms with Crippen LogP contribution in [0.3, 0.4) is 0 Å². The molecule has 2 aromatic carbocycles. The van der Waals surface area contributed by atoms with E-state index in [1.54, 1.807) is 16.4 Å². The number of aryl methyl sites for hydroxylation is 2.